The molecular formula is C18H19N. The van der Waals surface area contributed by atoms with Crippen LogP contribution in [-0.2, 0) is 12.0 Å². The molecule has 0 aromatic heterocycles. The van der Waals surface area contributed by atoms with Crippen LogP contribution < -0.4 is 5.32 Å². The van der Waals surface area contributed by atoms with Crippen molar-refractivity contribution in [1.29, 1.82) is 0 Å². The molecule has 1 N–H and O–H groups in total. The topological polar surface area (TPSA) is 12.0 Å². The van der Waals surface area contributed by atoms with Gasteiger partial charge in [0.15, 0.2) is 0 Å². The van der Waals surface area contributed by atoms with E-state index < -0.39 is 0 Å². The minimum atomic E-state index is 0.0634. The molecule has 0 amide bonds. The molecule has 0 saturated carbocycles. The summed E-state index contributed by atoms with van der Waals surface area (Å²) in [5, 5.41) is 3.89. The second-order valence-corrected chi connectivity index (χ2v) is 6.11. The van der Waals surface area contributed by atoms with E-state index in [9.17, 15) is 0 Å². The van der Waals surface area contributed by atoms with Gasteiger partial charge in [-0.2, -0.15) is 0 Å². The van der Waals surface area contributed by atoms with Gasteiger partial charge in [-0.1, -0.05) is 55.5 Å². The van der Waals surface area contributed by atoms with Gasteiger partial charge in [-0.25, -0.2) is 0 Å². The molecule has 4 rings (SSSR count). The summed E-state index contributed by atoms with van der Waals surface area (Å²) in [4.78, 5) is 0. The Morgan fingerprint density at radius 2 is 1.68 bits per heavy atom. The molecule has 2 aromatic carbocycles. The van der Waals surface area contributed by atoms with E-state index in [0.717, 1.165) is 6.42 Å². The normalized spacial score (nSPS) is 31.5. The zero-order chi connectivity index (χ0) is 13.0. The molecule has 0 aliphatic carbocycles. The first-order valence-corrected chi connectivity index (χ1v) is 7.15. The first kappa shape index (κ1) is 11.2. The lowest BCUT2D eigenvalue weighted by Gasteiger charge is -2.33. The first-order valence-electron chi connectivity index (χ1n) is 7.15. The maximum atomic E-state index is 3.89. The van der Waals surface area contributed by atoms with E-state index in [-0.39, 0.29) is 5.54 Å². The van der Waals surface area contributed by atoms with Gasteiger partial charge in [-0.05, 0) is 35.6 Å². The van der Waals surface area contributed by atoms with Crippen molar-refractivity contribution in [3.8, 4) is 0 Å². The van der Waals surface area contributed by atoms with E-state index in [0.29, 0.717) is 12.0 Å². The third-order valence-electron chi connectivity index (χ3n) is 5.18. The molecule has 1 nitrogen and oxygen atoms in total. The Bertz CT molecular complexity index is 646. The van der Waals surface area contributed by atoms with Crippen LogP contribution in [0.5, 0.6) is 0 Å². The maximum Gasteiger partial charge on any atom is 0.0481 e. The van der Waals surface area contributed by atoms with Crippen molar-refractivity contribution >= 4 is 0 Å². The summed E-state index contributed by atoms with van der Waals surface area (Å²) in [5.74, 6) is 0.498. The largest absolute Gasteiger partial charge is 0.300 e. The van der Waals surface area contributed by atoms with Crippen LogP contribution in [0.15, 0.2) is 48.5 Å². The van der Waals surface area contributed by atoms with E-state index in [1.807, 2.05) is 0 Å². The van der Waals surface area contributed by atoms with Crippen molar-refractivity contribution in [2.24, 2.45) is 0 Å². The molecule has 2 aliphatic rings. The molecule has 19 heavy (non-hydrogen) atoms. The highest BCUT2D eigenvalue weighted by Gasteiger charge is 2.46. The maximum absolute atomic E-state index is 3.89. The van der Waals surface area contributed by atoms with Crippen molar-refractivity contribution in [1.82, 2.24) is 5.32 Å². The Labute approximate surface area is 114 Å². The molecule has 0 saturated heterocycles. The Morgan fingerprint density at radius 3 is 2.53 bits per heavy atom. The highest BCUT2D eigenvalue weighted by Crippen LogP contribution is 2.49. The van der Waals surface area contributed by atoms with E-state index in [2.05, 4.69) is 67.7 Å². The molecule has 0 fully saturated rings. The average molecular weight is 249 g/mol. The number of benzene rings is 2. The fourth-order valence-corrected chi connectivity index (χ4v) is 3.98. The van der Waals surface area contributed by atoms with Crippen LogP contribution in [0.3, 0.4) is 0 Å². The van der Waals surface area contributed by atoms with Gasteiger partial charge in [0.2, 0.25) is 0 Å². The number of nitrogens with one attached hydrogen (secondary N) is 1. The first-order chi connectivity index (χ1) is 9.20. The lowest BCUT2D eigenvalue weighted by atomic mass is 9.75. The van der Waals surface area contributed by atoms with E-state index >= 15 is 0 Å². The summed E-state index contributed by atoms with van der Waals surface area (Å²) >= 11 is 0. The predicted octanol–water partition coefficient (Wildman–Crippen LogP) is 3.91. The molecule has 0 radical (unpaired) electrons. The van der Waals surface area contributed by atoms with Crippen molar-refractivity contribution < 1.29 is 0 Å². The average Bonchev–Trinajstić information content (AvgIpc) is 2.67. The van der Waals surface area contributed by atoms with E-state index in [1.165, 1.54) is 22.3 Å². The monoisotopic (exact) mass is 249 g/mol. The fraction of sp³-hybridized carbons (Fsp3) is 0.333. The zero-order valence-corrected chi connectivity index (χ0v) is 11.5. The van der Waals surface area contributed by atoms with Gasteiger partial charge in [0, 0.05) is 17.5 Å². The van der Waals surface area contributed by atoms with Gasteiger partial charge in [-0.3, -0.25) is 5.32 Å². The Morgan fingerprint density at radius 1 is 1.00 bits per heavy atom. The lowest BCUT2D eigenvalue weighted by Crippen LogP contribution is -2.38. The van der Waals surface area contributed by atoms with Crippen LogP contribution in [0.25, 0.3) is 0 Å². The highest BCUT2D eigenvalue weighted by molar-refractivity contribution is 5.48. The number of fused-ring (bicyclic) bond motifs is 6. The van der Waals surface area contributed by atoms with Crippen molar-refractivity contribution in [2.75, 3.05) is 0 Å². The van der Waals surface area contributed by atoms with Gasteiger partial charge >= 0.3 is 0 Å². The van der Waals surface area contributed by atoms with Gasteiger partial charge < -0.3 is 0 Å². The molecule has 2 aliphatic heterocycles. The zero-order valence-electron chi connectivity index (χ0n) is 11.5. The van der Waals surface area contributed by atoms with Gasteiger partial charge in [0.05, 0.1) is 0 Å². The number of rotatable bonds is 0. The van der Waals surface area contributed by atoms with Gasteiger partial charge in [0.1, 0.15) is 0 Å². The molecule has 0 spiro atoms. The standard InChI is InChI=1S/C18H19N/c1-12-14-8-4-3-7-13(14)11-17-15-9-5-6-10-16(15)18(12,2)19-17/h3-10,12,17,19H,11H2,1-2H3/t12?,17-,18+/m1/s1. The minimum absolute atomic E-state index is 0.0634. The minimum Gasteiger partial charge on any atom is -0.300 e. The smallest absolute Gasteiger partial charge is 0.0481 e. The lowest BCUT2D eigenvalue weighted by molar-refractivity contribution is 0.319. The summed E-state index contributed by atoms with van der Waals surface area (Å²) in [6, 6.07) is 18.3. The van der Waals surface area contributed by atoms with Crippen molar-refractivity contribution in [2.45, 2.75) is 37.8 Å². The van der Waals surface area contributed by atoms with Crippen LogP contribution in [0.1, 0.15) is 48.1 Å². The summed E-state index contributed by atoms with van der Waals surface area (Å²) in [5.41, 5.74) is 6.06. The van der Waals surface area contributed by atoms with Crippen LogP contribution in [-0.4, -0.2) is 0 Å². The Kier molecular flexibility index (Phi) is 2.19. The van der Waals surface area contributed by atoms with Gasteiger partial charge in [0.25, 0.3) is 0 Å². The van der Waals surface area contributed by atoms with Crippen molar-refractivity contribution in [3.05, 3.63) is 70.8 Å². The highest BCUT2D eigenvalue weighted by atomic mass is 15.1. The van der Waals surface area contributed by atoms with Crippen molar-refractivity contribution in [3.63, 3.8) is 0 Å². The van der Waals surface area contributed by atoms with E-state index in [4.69, 9.17) is 0 Å². The summed E-state index contributed by atoms with van der Waals surface area (Å²) in [7, 11) is 0. The predicted molar refractivity (Wildman–Crippen MR) is 78.2 cm³/mol. The SMILES string of the molecule is CC1c2ccccc2C[C@H]2N[C@]1(C)c1ccccc12. The van der Waals surface area contributed by atoms with E-state index in [1.54, 1.807) is 0 Å². The number of hydrogen-bond donors (Lipinski definition) is 1. The second-order valence-electron chi connectivity index (χ2n) is 6.11. The molecule has 1 heteroatoms. The Balaban J connectivity index is 1.97. The molecular weight excluding hydrogens is 230 g/mol. The molecule has 2 bridgehead atoms. The Hall–Kier alpha value is -1.60. The number of hydrogen-bond acceptors (Lipinski definition) is 1. The van der Waals surface area contributed by atoms with Crippen LogP contribution in [0.4, 0.5) is 0 Å². The molecule has 96 valence electrons. The molecule has 2 aromatic rings. The van der Waals surface area contributed by atoms with Gasteiger partial charge in [-0.15, -0.1) is 0 Å². The van der Waals surface area contributed by atoms with Crippen LogP contribution in [0, 0.1) is 0 Å². The molecule has 1 unspecified atom stereocenters. The van der Waals surface area contributed by atoms with Crippen LogP contribution in [0.2, 0.25) is 0 Å². The summed E-state index contributed by atoms with van der Waals surface area (Å²) < 4.78 is 0. The summed E-state index contributed by atoms with van der Waals surface area (Å²) in [6.45, 7) is 4.72. The second kappa shape index (κ2) is 3.71. The third-order valence-corrected chi connectivity index (χ3v) is 5.18. The quantitative estimate of drug-likeness (QED) is 0.746. The third kappa shape index (κ3) is 1.39. The fourth-order valence-electron chi connectivity index (χ4n) is 3.98. The molecule has 2 heterocycles. The molecule has 3 atom stereocenters. The summed E-state index contributed by atoms with van der Waals surface area (Å²) in [6.07, 6.45) is 1.10. The van der Waals surface area contributed by atoms with Crippen LogP contribution >= 0.6 is 0 Å².